The first-order valence-electron chi connectivity index (χ1n) is 8.34. The van der Waals surface area contributed by atoms with Crippen molar-refractivity contribution in [1.82, 2.24) is 0 Å². The number of rotatable bonds is 3. The summed E-state index contributed by atoms with van der Waals surface area (Å²) in [5, 5.41) is 0. The molecule has 0 aromatic heterocycles. The van der Waals surface area contributed by atoms with Crippen LogP contribution >= 0.6 is 0 Å². The summed E-state index contributed by atoms with van der Waals surface area (Å²) in [4.78, 5) is 37.1. The van der Waals surface area contributed by atoms with E-state index in [9.17, 15) is 14.4 Å². The van der Waals surface area contributed by atoms with Gasteiger partial charge in [-0.05, 0) is 37.8 Å². The maximum atomic E-state index is 12.9. The summed E-state index contributed by atoms with van der Waals surface area (Å²) < 4.78 is 4.66. The monoisotopic (exact) mass is 314 g/mol. The minimum atomic E-state index is -0.508. The number of hydrogen-bond acceptors (Lipinski definition) is 4. The number of carbonyl (C=O) groups excluding carboxylic acids is 3. The van der Waals surface area contributed by atoms with Crippen molar-refractivity contribution in [2.24, 2.45) is 11.3 Å². The molecule has 0 radical (unpaired) electrons. The van der Waals surface area contributed by atoms with Crippen LogP contribution in [0.1, 0.15) is 65.7 Å². The van der Waals surface area contributed by atoms with Crippen molar-refractivity contribution in [1.29, 1.82) is 0 Å². The zero-order valence-corrected chi connectivity index (χ0v) is 13.5. The molecule has 0 heterocycles. The second-order valence-corrected chi connectivity index (χ2v) is 6.73. The van der Waals surface area contributed by atoms with Crippen LogP contribution in [0, 0.1) is 11.3 Å². The third-order valence-corrected chi connectivity index (χ3v) is 5.45. The zero-order valence-electron chi connectivity index (χ0n) is 13.5. The number of carbonyl (C=O) groups is 3. The molecule has 2 aliphatic rings. The Bertz CT molecular complexity index is 623. The second-order valence-electron chi connectivity index (χ2n) is 6.73. The number of Topliss-reactive ketones (excluding diaryl/α,β-unsaturated/α-hetero) is 2. The van der Waals surface area contributed by atoms with Crippen LogP contribution in [-0.4, -0.2) is 24.6 Å². The highest BCUT2D eigenvalue weighted by Crippen LogP contribution is 2.48. The Hall–Kier alpha value is -1.97. The highest BCUT2D eigenvalue weighted by Gasteiger charge is 2.48. The summed E-state index contributed by atoms with van der Waals surface area (Å²) >= 11 is 0. The molecule has 2 aliphatic carbocycles. The lowest BCUT2D eigenvalue weighted by atomic mass is 9.66. The van der Waals surface area contributed by atoms with E-state index in [4.69, 9.17) is 0 Å². The minimum Gasteiger partial charge on any atom is -0.465 e. The first kappa shape index (κ1) is 15.9. The Morgan fingerprint density at radius 1 is 1.00 bits per heavy atom. The maximum absolute atomic E-state index is 12.9. The topological polar surface area (TPSA) is 60.4 Å². The lowest BCUT2D eigenvalue weighted by Gasteiger charge is -2.35. The van der Waals surface area contributed by atoms with Crippen LogP contribution in [0.25, 0.3) is 0 Å². The molecule has 1 spiro atoms. The molecule has 0 aliphatic heterocycles. The molecular weight excluding hydrogens is 292 g/mol. The van der Waals surface area contributed by atoms with Crippen molar-refractivity contribution in [3.05, 3.63) is 35.4 Å². The fourth-order valence-corrected chi connectivity index (χ4v) is 4.16. The first-order valence-corrected chi connectivity index (χ1v) is 8.34. The van der Waals surface area contributed by atoms with Crippen molar-refractivity contribution in [3.8, 4) is 0 Å². The zero-order chi connectivity index (χ0) is 16.4. The van der Waals surface area contributed by atoms with E-state index in [1.54, 1.807) is 24.3 Å². The van der Waals surface area contributed by atoms with E-state index < -0.39 is 11.9 Å². The molecule has 0 bridgehead atoms. The van der Waals surface area contributed by atoms with Crippen molar-refractivity contribution in [2.45, 2.75) is 44.9 Å². The molecule has 2 saturated carbocycles. The fraction of sp³-hybridized carbons (Fsp3) is 0.526. The van der Waals surface area contributed by atoms with Gasteiger partial charge in [0.15, 0.2) is 5.78 Å². The van der Waals surface area contributed by atoms with Crippen molar-refractivity contribution in [3.63, 3.8) is 0 Å². The molecule has 2 fully saturated rings. The number of benzene rings is 1. The predicted molar refractivity (Wildman–Crippen MR) is 85.4 cm³/mol. The molecule has 4 heteroatoms. The Kier molecular flexibility index (Phi) is 4.33. The predicted octanol–water partition coefficient (Wildman–Crippen LogP) is 3.59. The summed E-state index contributed by atoms with van der Waals surface area (Å²) in [5.74, 6) is -0.880. The van der Waals surface area contributed by atoms with E-state index in [2.05, 4.69) is 4.74 Å². The Morgan fingerprint density at radius 3 is 2.17 bits per heavy atom. The molecule has 1 aromatic carbocycles. The van der Waals surface area contributed by atoms with Gasteiger partial charge < -0.3 is 4.74 Å². The van der Waals surface area contributed by atoms with Gasteiger partial charge in [0.25, 0.3) is 0 Å². The van der Waals surface area contributed by atoms with E-state index in [-0.39, 0.29) is 17.0 Å². The third-order valence-electron chi connectivity index (χ3n) is 5.45. The third kappa shape index (κ3) is 2.82. The number of hydrogen-bond donors (Lipinski definition) is 0. The normalized spacial score (nSPS) is 23.0. The molecule has 0 saturated heterocycles. The van der Waals surface area contributed by atoms with Crippen LogP contribution in [-0.2, 0) is 9.53 Å². The smallest absolute Gasteiger partial charge is 0.337 e. The highest BCUT2D eigenvalue weighted by atomic mass is 16.5. The van der Waals surface area contributed by atoms with Crippen LogP contribution in [0.15, 0.2) is 24.3 Å². The number of esters is 1. The lowest BCUT2D eigenvalue weighted by Crippen LogP contribution is -2.41. The molecule has 3 rings (SSSR count). The van der Waals surface area contributed by atoms with E-state index >= 15 is 0 Å². The van der Waals surface area contributed by atoms with Crippen molar-refractivity contribution in [2.75, 3.05) is 7.11 Å². The SMILES string of the molecule is COC(=O)c1ccc(C(=O)C2CCCC3(CCCC3)C2=O)cc1. The van der Waals surface area contributed by atoms with Gasteiger partial charge >= 0.3 is 5.97 Å². The van der Waals surface area contributed by atoms with Crippen LogP contribution in [0.4, 0.5) is 0 Å². The quantitative estimate of drug-likeness (QED) is 0.486. The van der Waals surface area contributed by atoms with Gasteiger partial charge in [-0.3, -0.25) is 9.59 Å². The lowest BCUT2D eigenvalue weighted by molar-refractivity contribution is -0.134. The average Bonchev–Trinajstić information content (AvgIpc) is 3.06. The van der Waals surface area contributed by atoms with Crippen LogP contribution in [0.2, 0.25) is 0 Å². The van der Waals surface area contributed by atoms with E-state index in [0.717, 1.165) is 38.5 Å². The van der Waals surface area contributed by atoms with E-state index in [1.165, 1.54) is 7.11 Å². The summed E-state index contributed by atoms with van der Waals surface area (Å²) in [5.41, 5.74) is 0.683. The summed E-state index contributed by atoms with van der Waals surface area (Å²) in [6, 6.07) is 6.41. The van der Waals surface area contributed by atoms with Gasteiger partial charge in [-0.1, -0.05) is 31.4 Å². The Balaban J connectivity index is 1.79. The maximum Gasteiger partial charge on any atom is 0.337 e. The van der Waals surface area contributed by atoms with Crippen LogP contribution < -0.4 is 0 Å². The van der Waals surface area contributed by atoms with Gasteiger partial charge in [0.05, 0.1) is 18.6 Å². The molecule has 0 N–H and O–H groups in total. The van der Waals surface area contributed by atoms with Gasteiger partial charge in [0.2, 0.25) is 0 Å². The summed E-state index contributed by atoms with van der Waals surface area (Å²) in [7, 11) is 1.32. The van der Waals surface area contributed by atoms with Crippen LogP contribution in [0.3, 0.4) is 0 Å². The van der Waals surface area contributed by atoms with Crippen LogP contribution in [0.5, 0.6) is 0 Å². The van der Waals surface area contributed by atoms with Gasteiger partial charge in [-0.15, -0.1) is 0 Å². The van der Waals surface area contributed by atoms with Gasteiger partial charge in [0, 0.05) is 11.0 Å². The van der Waals surface area contributed by atoms with Crippen molar-refractivity contribution >= 4 is 17.5 Å². The highest BCUT2D eigenvalue weighted by molar-refractivity contribution is 6.12. The summed E-state index contributed by atoms with van der Waals surface area (Å²) in [6.07, 6.45) is 6.62. The molecule has 1 atom stereocenters. The number of ether oxygens (including phenoxy) is 1. The molecule has 1 aromatic rings. The van der Waals surface area contributed by atoms with E-state index in [1.807, 2.05) is 0 Å². The molecule has 122 valence electrons. The number of methoxy groups -OCH3 is 1. The van der Waals surface area contributed by atoms with Gasteiger partial charge in [0.1, 0.15) is 5.78 Å². The largest absolute Gasteiger partial charge is 0.465 e. The first-order chi connectivity index (χ1) is 11.1. The Labute approximate surface area is 136 Å². The fourth-order valence-electron chi connectivity index (χ4n) is 4.16. The van der Waals surface area contributed by atoms with Gasteiger partial charge in [-0.2, -0.15) is 0 Å². The molecule has 23 heavy (non-hydrogen) atoms. The minimum absolute atomic E-state index is 0.0996. The van der Waals surface area contributed by atoms with Gasteiger partial charge in [-0.25, -0.2) is 4.79 Å². The standard InChI is InChI=1S/C19H22O4/c1-23-18(22)14-8-6-13(7-9-14)16(20)15-5-4-12-19(17(15)21)10-2-3-11-19/h6-9,15H,2-5,10-12H2,1H3. The summed E-state index contributed by atoms with van der Waals surface area (Å²) in [6.45, 7) is 0. The molecule has 1 unspecified atom stereocenters. The number of ketones is 2. The molecular formula is C19H22O4. The Morgan fingerprint density at radius 2 is 1.57 bits per heavy atom. The molecule has 4 nitrogen and oxygen atoms in total. The average molecular weight is 314 g/mol. The molecule has 0 amide bonds. The van der Waals surface area contributed by atoms with E-state index in [0.29, 0.717) is 17.5 Å². The second kappa shape index (κ2) is 6.26. The van der Waals surface area contributed by atoms with Crippen molar-refractivity contribution < 1.29 is 19.1 Å².